The minimum Gasteiger partial charge on any atom is -0.366 e. The lowest BCUT2D eigenvalue weighted by Gasteiger charge is -2.47. The summed E-state index contributed by atoms with van der Waals surface area (Å²) in [5.41, 5.74) is 3.99. The van der Waals surface area contributed by atoms with Gasteiger partial charge in [0, 0.05) is 22.8 Å². The smallest absolute Gasteiger partial charge is 0.329 e. The Morgan fingerprint density at radius 1 is 1.09 bits per heavy atom. The lowest BCUT2D eigenvalue weighted by atomic mass is 9.79. The van der Waals surface area contributed by atoms with Gasteiger partial charge in [-0.1, -0.05) is 54.7 Å². The number of hydrogen-bond acceptors (Lipinski definition) is 3. The van der Waals surface area contributed by atoms with Crippen molar-refractivity contribution in [2.24, 2.45) is 0 Å². The molecule has 0 bridgehead atoms. The summed E-state index contributed by atoms with van der Waals surface area (Å²) in [4.78, 5) is 29.1. The highest BCUT2D eigenvalue weighted by Gasteiger charge is 2.37. The number of hydrogen-bond donors (Lipinski definition) is 1. The SMILES string of the molecule is CCCN1c2cc(Cl)c(/C=C3/NC(=O)N(Cc4ccc(Cl)c(Cl)c4)C3=O)cc2C(C)CC1(C)C. The Bertz CT molecular complexity index is 1190. The maximum Gasteiger partial charge on any atom is 0.329 e. The molecule has 2 heterocycles. The number of nitrogens with zero attached hydrogens (tertiary/aromatic N) is 2. The summed E-state index contributed by atoms with van der Waals surface area (Å²) in [5.74, 6) is -0.0702. The quantitative estimate of drug-likeness (QED) is 0.334. The van der Waals surface area contributed by atoms with Crippen molar-refractivity contribution in [2.75, 3.05) is 11.4 Å². The number of benzene rings is 2. The van der Waals surface area contributed by atoms with Gasteiger partial charge in [-0.3, -0.25) is 9.69 Å². The molecule has 0 aromatic heterocycles. The Kier molecular flexibility index (Phi) is 6.92. The number of rotatable bonds is 5. The highest BCUT2D eigenvalue weighted by atomic mass is 35.5. The molecule has 1 N–H and O–H groups in total. The summed E-state index contributed by atoms with van der Waals surface area (Å²) in [7, 11) is 0. The largest absolute Gasteiger partial charge is 0.366 e. The summed E-state index contributed by atoms with van der Waals surface area (Å²) in [5, 5.41) is 4.01. The van der Waals surface area contributed by atoms with Crippen molar-refractivity contribution in [3.8, 4) is 0 Å². The van der Waals surface area contributed by atoms with E-state index in [2.05, 4.69) is 37.9 Å². The van der Waals surface area contributed by atoms with Gasteiger partial charge in [0.25, 0.3) is 5.91 Å². The van der Waals surface area contributed by atoms with Gasteiger partial charge in [-0.05, 0) is 79.6 Å². The summed E-state index contributed by atoms with van der Waals surface area (Å²) < 4.78 is 0. The van der Waals surface area contributed by atoms with Crippen LogP contribution in [0, 0.1) is 0 Å². The summed E-state index contributed by atoms with van der Waals surface area (Å²) in [6.07, 6.45) is 3.72. The molecule has 2 aromatic carbocycles. The van der Waals surface area contributed by atoms with Crippen molar-refractivity contribution < 1.29 is 9.59 Å². The minimum atomic E-state index is -0.486. The van der Waals surface area contributed by atoms with Gasteiger partial charge in [0.1, 0.15) is 5.70 Å². The number of anilines is 1. The molecule has 1 saturated heterocycles. The molecule has 5 nitrogen and oxygen atoms in total. The first-order chi connectivity index (χ1) is 16.0. The second kappa shape index (κ2) is 9.44. The number of amides is 3. The molecule has 0 saturated carbocycles. The van der Waals surface area contributed by atoms with Crippen molar-refractivity contribution in [3.05, 3.63) is 67.8 Å². The van der Waals surface area contributed by atoms with Gasteiger partial charge in [-0.25, -0.2) is 4.79 Å². The number of urea groups is 1. The third-order valence-electron chi connectivity index (χ3n) is 6.54. The lowest BCUT2D eigenvalue weighted by Crippen LogP contribution is -2.48. The highest BCUT2D eigenvalue weighted by Crippen LogP contribution is 2.45. The maximum absolute atomic E-state index is 13.0. The first kappa shape index (κ1) is 24.9. The third kappa shape index (κ3) is 4.66. The first-order valence-corrected chi connectivity index (χ1v) is 12.5. The summed E-state index contributed by atoms with van der Waals surface area (Å²) >= 11 is 18.7. The van der Waals surface area contributed by atoms with Crippen LogP contribution in [0.25, 0.3) is 6.08 Å². The van der Waals surface area contributed by atoms with Crippen molar-refractivity contribution in [1.82, 2.24) is 10.2 Å². The van der Waals surface area contributed by atoms with Gasteiger partial charge < -0.3 is 10.2 Å². The Balaban J connectivity index is 1.64. The van der Waals surface area contributed by atoms with Gasteiger partial charge >= 0.3 is 6.03 Å². The zero-order valence-corrected chi connectivity index (χ0v) is 22.0. The average molecular weight is 521 g/mol. The number of imide groups is 1. The fourth-order valence-electron chi connectivity index (χ4n) is 4.97. The van der Waals surface area contributed by atoms with Crippen LogP contribution >= 0.6 is 34.8 Å². The maximum atomic E-state index is 13.0. The second-order valence-corrected chi connectivity index (χ2v) is 10.9. The van der Waals surface area contributed by atoms with Crippen LogP contribution in [0.2, 0.25) is 15.1 Å². The topological polar surface area (TPSA) is 52.7 Å². The van der Waals surface area contributed by atoms with Crippen molar-refractivity contribution in [2.45, 2.75) is 58.5 Å². The standard InChI is InChI=1S/C26H28Cl3N3O2/c1-5-8-32-23-12-20(28)17(10-18(23)15(2)13-26(32,3)4)11-22-24(33)31(25(34)30-22)14-16-6-7-19(27)21(29)9-16/h6-7,9-12,15H,5,8,13-14H2,1-4H3,(H,30,34)/b22-11+. The van der Waals surface area contributed by atoms with Crippen molar-refractivity contribution in [1.29, 1.82) is 0 Å². The first-order valence-electron chi connectivity index (χ1n) is 11.4. The highest BCUT2D eigenvalue weighted by molar-refractivity contribution is 6.42. The van der Waals surface area contributed by atoms with E-state index in [0.29, 0.717) is 32.1 Å². The molecule has 1 atom stereocenters. The van der Waals surface area contributed by atoms with E-state index < -0.39 is 11.9 Å². The van der Waals surface area contributed by atoms with E-state index in [1.807, 2.05) is 12.1 Å². The van der Waals surface area contributed by atoms with E-state index in [1.165, 1.54) is 5.56 Å². The van der Waals surface area contributed by atoms with Gasteiger partial charge in [-0.2, -0.15) is 0 Å². The third-order valence-corrected chi connectivity index (χ3v) is 7.60. The fraction of sp³-hybridized carbons (Fsp3) is 0.385. The molecular formula is C26H28Cl3N3O2. The van der Waals surface area contributed by atoms with Gasteiger partial charge in [-0.15, -0.1) is 0 Å². The number of carbonyl (C=O) groups excluding carboxylic acids is 2. The molecule has 2 aliphatic rings. The Morgan fingerprint density at radius 3 is 2.50 bits per heavy atom. The van der Waals surface area contributed by atoms with E-state index in [-0.39, 0.29) is 17.8 Å². The summed E-state index contributed by atoms with van der Waals surface area (Å²) in [6, 6.07) is 8.59. The molecule has 0 radical (unpaired) electrons. The number of halogens is 3. The van der Waals surface area contributed by atoms with Crippen LogP contribution in [0.1, 0.15) is 63.1 Å². The second-order valence-electron chi connectivity index (χ2n) is 9.63. The van der Waals surface area contributed by atoms with Crippen LogP contribution in [-0.4, -0.2) is 28.9 Å². The summed E-state index contributed by atoms with van der Waals surface area (Å²) in [6.45, 7) is 9.96. The normalized spacial score (nSPS) is 20.7. The number of fused-ring (bicyclic) bond motifs is 1. The van der Waals surface area contributed by atoms with Crippen LogP contribution in [0.4, 0.5) is 10.5 Å². The van der Waals surface area contributed by atoms with E-state index >= 15 is 0 Å². The van der Waals surface area contributed by atoms with Crippen LogP contribution in [-0.2, 0) is 11.3 Å². The van der Waals surface area contributed by atoms with Crippen LogP contribution in [0.15, 0.2) is 36.0 Å². The Morgan fingerprint density at radius 2 is 1.82 bits per heavy atom. The molecule has 2 aliphatic heterocycles. The lowest BCUT2D eigenvalue weighted by molar-refractivity contribution is -0.123. The zero-order valence-electron chi connectivity index (χ0n) is 19.7. The molecule has 4 rings (SSSR count). The van der Waals surface area contributed by atoms with Gasteiger partial charge in [0.2, 0.25) is 0 Å². The molecule has 1 unspecified atom stereocenters. The van der Waals surface area contributed by atoms with Gasteiger partial charge in [0.05, 0.1) is 16.6 Å². The van der Waals surface area contributed by atoms with Crippen LogP contribution in [0.3, 0.4) is 0 Å². The van der Waals surface area contributed by atoms with Gasteiger partial charge in [0.15, 0.2) is 0 Å². The molecule has 34 heavy (non-hydrogen) atoms. The van der Waals surface area contributed by atoms with Crippen LogP contribution < -0.4 is 10.2 Å². The number of carbonyl (C=O) groups is 2. The Labute approximate surface area is 215 Å². The number of nitrogens with one attached hydrogen (secondary N) is 1. The predicted octanol–water partition coefficient (Wildman–Crippen LogP) is 7.24. The Hall–Kier alpha value is -2.21. The molecule has 2 aromatic rings. The molecule has 1 fully saturated rings. The zero-order chi connectivity index (χ0) is 24.8. The van der Waals surface area contributed by atoms with Crippen molar-refractivity contribution >= 4 is 58.5 Å². The van der Waals surface area contributed by atoms with E-state index in [1.54, 1.807) is 24.3 Å². The predicted molar refractivity (Wildman–Crippen MR) is 140 cm³/mol. The molecule has 3 amide bonds. The molecule has 8 heteroatoms. The molecule has 180 valence electrons. The van der Waals surface area contributed by atoms with E-state index in [0.717, 1.165) is 30.0 Å². The molecule has 0 spiro atoms. The van der Waals surface area contributed by atoms with Crippen molar-refractivity contribution in [3.63, 3.8) is 0 Å². The minimum absolute atomic E-state index is 0.0339. The molecular weight excluding hydrogens is 493 g/mol. The van der Waals surface area contributed by atoms with E-state index in [9.17, 15) is 9.59 Å². The average Bonchev–Trinajstić information content (AvgIpc) is 3.01. The monoisotopic (exact) mass is 519 g/mol. The fourth-order valence-corrected chi connectivity index (χ4v) is 5.50. The molecule has 0 aliphatic carbocycles. The van der Waals surface area contributed by atoms with E-state index in [4.69, 9.17) is 34.8 Å². The van der Waals surface area contributed by atoms with Crippen LogP contribution in [0.5, 0.6) is 0 Å².